The number of carboxylic acid groups (broad SMARTS) is 2. The van der Waals surface area contributed by atoms with Crippen molar-refractivity contribution in [3.05, 3.63) is 12.4 Å². The number of nitrogens with zero attached hydrogens (tertiary/aromatic N) is 2. The van der Waals surface area contributed by atoms with Gasteiger partial charge in [-0.1, -0.05) is 64.7 Å². The second-order valence-electron chi connectivity index (χ2n) is 7.49. The maximum atomic E-state index is 11.2. The van der Waals surface area contributed by atoms with Gasteiger partial charge in [0.15, 0.2) is 0 Å². The Bertz CT molecular complexity index is 543. The summed E-state index contributed by atoms with van der Waals surface area (Å²) in [5.41, 5.74) is 0. The molecule has 1 atom stereocenters. The fraction of sp³-hybridized carbons (Fsp3) is 0.762. The predicted molar refractivity (Wildman–Crippen MR) is 104 cm³/mol. The standard InChI is InChI=1S/C21H36N2O5.2Na/c1-2-3-4-5-6-7-8-9-10-11-12-19-22-13-14-23(19,17-20(24)25)15-16-28-18-21(26)27;;/h13-14H,2-12,15-18H2,1H3,(H-,24,25,26,27);;/q;2*+1/p-1. The van der Waals surface area contributed by atoms with Crippen LogP contribution < -0.4 is 69.3 Å². The number of rotatable bonds is 18. The summed E-state index contributed by atoms with van der Waals surface area (Å²) >= 11 is 0. The van der Waals surface area contributed by atoms with E-state index in [9.17, 15) is 19.8 Å². The van der Waals surface area contributed by atoms with Crippen molar-refractivity contribution in [2.45, 2.75) is 77.6 Å². The van der Waals surface area contributed by atoms with Crippen molar-refractivity contribution in [1.82, 2.24) is 0 Å². The van der Waals surface area contributed by atoms with Gasteiger partial charge in [-0.05, 0) is 6.42 Å². The Labute approximate surface area is 225 Å². The molecule has 0 amide bonds. The van der Waals surface area contributed by atoms with Gasteiger partial charge in [-0.25, -0.2) is 9.48 Å². The number of unbranched alkanes of at least 4 members (excludes halogenated alkanes) is 9. The maximum Gasteiger partial charge on any atom is 1.00 e. The van der Waals surface area contributed by atoms with E-state index in [2.05, 4.69) is 11.9 Å². The van der Waals surface area contributed by atoms with Gasteiger partial charge in [-0.3, -0.25) is 0 Å². The van der Waals surface area contributed by atoms with Crippen LogP contribution in [0.3, 0.4) is 0 Å². The van der Waals surface area contributed by atoms with Crippen molar-refractivity contribution in [1.29, 1.82) is 0 Å². The Morgan fingerprint density at radius 3 is 2.03 bits per heavy atom. The quantitative estimate of drug-likeness (QED) is 0.121. The van der Waals surface area contributed by atoms with Crippen LogP contribution in [0.4, 0.5) is 0 Å². The second kappa shape index (κ2) is 19.9. The molecule has 1 unspecified atom stereocenters. The normalized spacial score (nSPS) is 17.2. The molecule has 0 bridgehead atoms. The first-order valence-electron chi connectivity index (χ1n) is 10.6. The van der Waals surface area contributed by atoms with E-state index in [0.29, 0.717) is 6.54 Å². The van der Waals surface area contributed by atoms with Crippen LogP contribution in [0, 0.1) is 0 Å². The third kappa shape index (κ3) is 14.4. The van der Waals surface area contributed by atoms with Crippen LogP contribution >= 0.6 is 0 Å². The molecule has 0 aromatic heterocycles. The molecule has 30 heavy (non-hydrogen) atoms. The number of carbonyl (C=O) groups is 2. The summed E-state index contributed by atoms with van der Waals surface area (Å²) in [5.74, 6) is -1.68. The van der Waals surface area contributed by atoms with Crippen molar-refractivity contribution in [3.8, 4) is 0 Å². The molecule has 0 aromatic carbocycles. The van der Waals surface area contributed by atoms with Gasteiger partial charge < -0.3 is 24.5 Å². The van der Waals surface area contributed by atoms with Crippen LogP contribution in [-0.2, 0) is 14.3 Å². The molecule has 7 nitrogen and oxygen atoms in total. The molecule has 0 radical (unpaired) electrons. The zero-order valence-corrected chi connectivity index (χ0v) is 23.2. The Kier molecular flexibility index (Phi) is 21.5. The average molecular weight is 442 g/mol. The fourth-order valence-corrected chi connectivity index (χ4v) is 3.55. The first-order chi connectivity index (χ1) is 13.5. The SMILES string of the molecule is CCCCCCCCCCCCC1=NC=C[N+]1(CCOCC(=O)[O-])CC(=O)[O-].[Na+].[Na+]. The minimum atomic E-state index is -1.29. The van der Waals surface area contributed by atoms with Crippen molar-refractivity contribution in [2.75, 3.05) is 26.3 Å². The monoisotopic (exact) mass is 441 g/mol. The molecular weight excluding hydrogens is 406 g/mol. The van der Waals surface area contributed by atoms with Crippen LogP contribution in [0.15, 0.2) is 17.4 Å². The smallest absolute Gasteiger partial charge is 0.548 e. The van der Waals surface area contributed by atoms with E-state index in [1.165, 1.54) is 51.4 Å². The van der Waals surface area contributed by atoms with Crippen molar-refractivity contribution < 1.29 is 88.1 Å². The Balaban J connectivity index is 0. The van der Waals surface area contributed by atoms with E-state index in [1.54, 1.807) is 12.4 Å². The van der Waals surface area contributed by atoms with E-state index >= 15 is 0 Å². The second-order valence-corrected chi connectivity index (χ2v) is 7.49. The summed E-state index contributed by atoms with van der Waals surface area (Å²) in [7, 11) is 0. The molecule has 0 spiro atoms. The van der Waals surface area contributed by atoms with Crippen LogP contribution in [0.2, 0.25) is 0 Å². The first kappa shape index (κ1) is 32.4. The first-order valence-corrected chi connectivity index (χ1v) is 10.6. The van der Waals surface area contributed by atoms with Gasteiger partial charge in [0.1, 0.15) is 19.3 Å². The summed E-state index contributed by atoms with van der Waals surface area (Å²) in [6.45, 7) is 1.93. The minimum absolute atomic E-state index is 0. The van der Waals surface area contributed by atoms with E-state index in [4.69, 9.17) is 4.74 Å². The zero-order chi connectivity index (χ0) is 20.7. The molecule has 1 aliphatic rings. The topological polar surface area (TPSA) is 102 Å². The number of hydrogen-bond acceptors (Lipinski definition) is 6. The molecule has 1 heterocycles. The summed E-state index contributed by atoms with van der Waals surface area (Å²) in [6, 6.07) is 0. The number of aliphatic imine (C=N–C) groups is 1. The van der Waals surface area contributed by atoms with Crippen LogP contribution in [0.1, 0.15) is 77.6 Å². The Morgan fingerprint density at radius 2 is 1.50 bits per heavy atom. The van der Waals surface area contributed by atoms with Crippen LogP contribution in [0.5, 0.6) is 0 Å². The number of ether oxygens (including phenoxy) is 1. The van der Waals surface area contributed by atoms with E-state index < -0.39 is 18.5 Å². The van der Waals surface area contributed by atoms with Gasteiger partial charge in [0.2, 0.25) is 5.84 Å². The molecule has 0 fully saturated rings. The average Bonchev–Trinajstić information content (AvgIpc) is 3.02. The molecule has 9 heteroatoms. The largest absolute Gasteiger partial charge is 1.00 e. The number of carbonyl (C=O) groups excluding carboxylic acids is 2. The van der Waals surface area contributed by atoms with Gasteiger partial charge in [-0.2, -0.15) is 0 Å². The van der Waals surface area contributed by atoms with Crippen LogP contribution in [-0.4, -0.2) is 48.6 Å². The number of amidine groups is 1. The third-order valence-corrected chi connectivity index (χ3v) is 5.11. The number of hydrogen-bond donors (Lipinski definition) is 0. The predicted octanol–water partition coefficient (Wildman–Crippen LogP) is -4.48. The third-order valence-electron chi connectivity index (χ3n) is 5.11. The molecule has 160 valence electrons. The van der Waals surface area contributed by atoms with E-state index in [-0.39, 0.29) is 76.7 Å². The molecule has 1 aliphatic heterocycles. The van der Waals surface area contributed by atoms with Crippen molar-refractivity contribution in [3.63, 3.8) is 0 Å². The van der Waals surface area contributed by atoms with Crippen molar-refractivity contribution in [2.24, 2.45) is 4.99 Å². The van der Waals surface area contributed by atoms with E-state index in [1.807, 2.05) is 0 Å². The van der Waals surface area contributed by atoms with E-state index in [0.717, 1.165) is 25.1 Å². The summed E-state index contributed by atoms with van der Waals surface area (Å²) in [4.78, 5) is 26.0. The molecule has 0 saturated carbocycles. The molecule has 0 aromatic rings. The van der Waals surface area contributed by atoms with Gasteiger partial charge in [-0.15, -0.1) is 0 Å². The number of carboxylic acids is 2. The maximum absolute atomic E-state index is 11.2. The summed E-state index contributed by atoms with van der Waals surface area (Å²) in [5, 5.41) is 21.7. The number of quaternary nitrogens is 1. The molecular formula is C21H35N2Na2O5+. The molecule has 0 aliphatic carbocycles. The zero-order valence-electron chi connectivity index (χ0n) is 19.2. The minimum Gasteiger partial charge on any atom is -0.548 e. The van der Waals surface area contributed by atoms with Gasteiger partial charge >= 0.3 is 59.1 Å². The Hall–Kier alpha value is 0.270. The van der Waals surface area contributed by atoms with Gasteiger partial charge in [0.05, 0.1) is 31.4 Å². The molecule has 1 rings (SSSR count). The van der Waals surface area contributed by atoms with Gasteiger partial charge in [0.25, 0.3) is 0 Å². The Morgan fingerprint density at radius 1 is 0.933 bits per heavy atom. The number of aliphatic carboxylic acids is 2. The summed E-state index contributed by atoms with van der Waals surface area (Å²) < 4.78 is 5.09. The molecule has 0 saturated heterocycles. The summed E-state index contributed by atoms with van der Waals surface area (Å²) in [6.07, 6.45) is 16.4. The van der Waals surface area contributed by atoms with Gasteiger partial charge in [0, 0.05) is 6.42 Å². The molecule has 0 N–H and O–H groups in total. The van der Waals surface area contributed by atoms with Crippen LogP contribution in [0.25, 0.3) is 0 Å². The van der Waals surface area contributed by atoms with Crippen molar-refractivity contribution >= 4 is 17.8 Å². The fourth-order valence-electron chi connectivity index (χ4n) is 3.55.